The van der Waals surface area contributed by atoms with E-state index in [4.69, 9.17) is 0 Å². The van der Waals surface area contributed by atoms with Crippen molar-refractivity contribution in [1.29, 1.82) is 0 Å². The van der Waals surface area contributed by atoms with Gasteiger partial charge >= 0.3 is 0 Å². The molecular weight excluding hydrogens is 259 g/mol. The second kappa shape index (κ2) is 7.36. The molecule has 1 aromatic heterocycles. The predicted molar refractivity (Wildman–Crippen MR) is 78.0 cm³/mol. The average Bonchev–Trinajstić information content (AvgIpc) is 2.91. The van der Waals surface area contributed by atoms with Crippen molar-refractivity contribution in [3.63, 3.8) is 0 Å². The lowest BCUT2D eigenvalue weighted by Gasteiger charge is -2.16. The van der Waals surface area contributed by atoms with Crippen molar-refractivity contribution in [2.75, 3.05) is 13.1 Å². The standard InChI is InChI=1S/C15H19FN2S/c1-2-17-9-12(8-14-10-19-11-18-14)7-13-5-3-4-6-15(13)16/h3-6,10-12,17H,2,7-9H2,1H3. The zero-order valence-electron chi connectivity index (χ0n) is 11.1. The summed E-state index contributed by atoms with van der Waals surface area (Å²) < 4.78 is 13.7. The zero-order valence-corrected chi connectivity index (χ0v) is 11.9. The van der Waals surface area contributed by atoms with Gasteiger partial charge in [0.15, 0.2) is 0 Å². The summed E-state index contributed by atoms with van der Waals surface area (Å²) in [4.78, 5) is 4.33. The number of nitrogens with one attached hydrogen (secondary N) is 1. The summed E-state index contributed by atoms with van der Waals surface area (Å²) in [6, 6.07) is 7.03. The fourth-order valence-electron chi connectivity index (χ4n) is 2.17. The van der Waals surface area contributed by atoms with E-state index in [-0.39, 0.29) is 5.82 Å². The van der Waals surface area contributed by atoms with E-state index >= 15 is 0 Å². The summed E-state index contributed by atoms with van der Waals surface area (Å²) in [6.45, 7) is 3.91. The van der Waals surface area contributed by atoms with Crippen molar-refractivity contribution in [1.82, 2.24) is 10.3 Å². The van der Waals surface area contributed by atoms with Gasteiger partial charge in [0, 0.05) is 5.38 Å². The molecule has 0 amide bonds. The van der Waals surface area contributed by atoms with Crippen LogP contribution >= 0.6 is 11.3 Å². The van der Waals surface area contributed by atoms with E-state index in [0.29, 0.717) is 5.92 Å². The van der Waals surface area contributed by atoms with Crippen LogP contribution < -0.4 is 5.32 Å². The van der Waals surface area contributed by atoms with Gasteiger partial charge in [0.1, 0.15) is 5.82 Å². The Balaban J connectivity index is 2.03. The summed E-state index contributed by atoms with van der Waals surface area (Å²) in [5.74, 6) is 0.265. The highest BCUT2D eigenvalue weighted by atomic mass is 32.1. The van der Waals surface area contributed by atoms with Crippen molar-refractivity contribution in [2.24, 2.45) is 5.92 Å². The van der Waals surface area contributed by atoms with Gasteiger partial charge in [-0.25, -0.2) is 9.37 Å². The lowest BCUT2D eigenvalue weighted by molar-refractivity contribution is 0.464. The number of halogens is 1. The molecule has 0 aliphatic carbocycles. The number of benzene rings is 1. The Morgan fingerprint density at radius 2 is 2.16 bits per heavy atom. The maximum Gasteiger partial charge on any atom is 0.126 e. The smallest absolute Gasteiger partial charge is 0.126 e. The van der Waals surface area contributed by atoms with E-state index in [9.17, 15) is 4.39 Å². The van der Waals surface area contributed by atoms with Crippen LogP contribution in [-0.2, 0) is 12.8 Å². The van der Waals surface area contributed by atoms with Crippen LogP contribution in [0.2, 0.25) is 0 Å². The number of hydrogen-bond acceptors (Lipinski definition) is 3. The molecule has 1 heterocycles. The van der Waals surface area contributed by atoms with E-state index in [1.54, 1.807) is 17.4 Å². The molecule has 0 fully saturated rings. The van der Waals surface area contributed by atoms with E-state index in [2.05, 4.69) is 22.6 Å². The lowest BCUT2D eigenvalue weighted by atomic mass is 9.94. The van der Waals surface area contributed by atoms with Crippen molar-refractivity contribution < 1.29 is 4.39 Å². The Hall–Kier alpha value is -1.26. The molecule has 1 unspecified atom stereocenters. The van der Waals surface area contributed by atoms with E-state index in [1.807, 2.05) is 17.6 Å². The topological polar surface area (TPSA) is 24.9 Å². The first kappa shape index (κ1) is 14.2. The van der Waals surface area contributed by atoms with E-state index < -0.39 is 0 Å². The highest BCUT2D eigenvalue weighted by molar-refractivity contribution is 7.07. The molecule has 102 valence electrons. The van der Waals surface area contributed by atoms with Gasteiger partial charge in [-0.15, -0.1) is 11.3 Å². The van der Waals surface area contributed by atoms with Crippen molar-refractivity contribution in [3.8, 4) is 0 Å². The third kappa shape index (κ3) is 4.40. The van der Waals surface area contributed by atoms with Gasteiger partial charge in [-0.3, -0.25) is 0 Å². The van der Waals surface area contributed by atoms with E-state index in [1.165, 1.54) is 6.07 Å². The summed E-state index contributed by atoms with van der Waals surface area (Å²) in [6.07, 6.45) is 1.64. The maximum atomic E-state index is 13.7. The molecule has 0 radical (unpaired) electrons. The molecule has 1 aromatic carbocycles. The molecule has 0 spiro atoms. The highest BCUT2D eigenvalue weighted by Gasteiger charge is 2.13. The van der Waals surface area contributed by atoms with Gasteiger partial charge in [-0.2, -0.15) is 0 Å². The molecule has 0 saturated carbocycles. The molecule has 2 nitrogen and oxygen atoms in total. The van der Waals surface area contributed by atoms with Crippen LogP contribution in [0.1, 0.15) is 18.2 Å². The number of thiazole rings is 1. The van der Waals surface area contributed by atoms with Gasteiger partial charge in [-0.1, -0.05) is 25.1 Å². The van der Waals surface area contributed by atoms with Crippen LogP contribution in [0.4, 0.5) is 4.39 Å². The minimum atomic E-state index is -0.109. The van der Waals surface area contributed by atoms with Crippen LogP contribution in [-0.4, -0.2) is 18.1 Å². The minimum absolute atomic E-state index is 0.109. The summed E-state index contributed by atoms with van der Waals surface area (Å²) in [7, 11) is 0. The lowest BCUT2D eigenvalue weighted by Crippen LogP contribution is -2.26. The number of hydrogen-bond donors (Lipinski definition) is 1. The minimum Gasteiger partial charge on any atom is -0.317 e. The van der Waals surface area contributed by atoms with Crippen LogP contribution in [0.25, 0.3) is 0 Å². The average molecular weight is 278 g/mol. The Morgan fingerprint density at radius 3 is 2.84 bits per heavy atom. The van der Waals surface area contributed by atoms with Gasteiger partial charge in [0.2, 0.25) is 0 Å². The molecule has 1 atom stereocenters. The predicted octanol–water partition coefficient (Wildman–Crippen LogP) is 3.29. The first-order valence-corrected chi connectivity index (χ1v) is 7.55. The SMILES string of the molecule is CCNCC(Cc1cscn1)Cc1ccccc1F. The van der Waals surface area contributed by atoms with Gasteiger partial charge in [-0.05, 0) is 43.5 Å². The van der Waals surface area contributed by atoms with Crippen molar-refractivity contribution in [2.45, 2.75) is 19.8 Å². The molecule has 2 rings (SSSR count). The Bertz CT molecular complexity index is 485. The fourth-order valence-corrected chi connectivity index (χ4v) is 2.75. The Kier molecular flexibility index (Phi) is 5.48. The Labute approximate surface area is 117 Å². The Morgan fingerprint density at radius 1 is 1.32 bits per heavy atom. The van der Waals surface area contributed by atoms with Gasteiger partial charge < -0.3 is 5.32 Å². The quantitative estimate of drug-likeness (QED) is 0.840. The third-order valence-electron chi connectivity index (χ3n) is 3.13. The van der Waals surface area contributed by atoms with Crippen LogP contribution in [0.3, 0.4) is 0 Å². The van der Waals surface area contributed by atoms with Crippen molar-refractivity contribution >= 4 is 11.3 Å². The summed E-state index contributed by atoms with van der Waals surface area (Å²) >= 11 is 1.61. The molecule has 4 heteroatoms. The van der Waals surface area contributed by atoms with Gasteiger partial charge in [0.25, 0.3) is 0 Å². The largest absolute Gasteiger partial charge is 0.317 e. The molecule has 2 aromatic rings. The summed E-state index contributed by atoms with van der Waals surface area (Å²) in [5, 5.41) is 5.42. The molecule has 0 bridgehead atoms. The number of nitrogens with zero attached hydrogens (tertiary/aromatic N) is 1. The second-order valence-corrected chi connectivity index (χ2v) is 5.37. The second-order valence-electron chi connectivity index (χ2n) is 4.65. The first-order chi connectivity index (χ1) is 9.29. The normalized spacial score (nSPS) is 12.5. The zero-order chi connectivity index (χ0) is 13.5. The highest BCUT2D eigenvalue weighted by Crippen LogP contribution is 2.16. The number of rotatable bonds is 7. The molecule has 1 N–H and O–H groups in total. The molecule has 0 saturated heterocycles. The first-order valence-electron chi connectivity index (χ1n) is 6.60. The summed E-state index contributed by atoms with van der Waals surface area (Å²) in [5.41, 5.74) is 3.74. The van der Waals surface area contributed by atoms with Crippen LogP contribution in [0.15, 0.2) is 35.2 Å². The van der Waals surface area contributed by atoms with E-state index in [0.717, 1.165) is 37.2 Å². The monoisotopic (exact) mass is 278 g/mol. The third-order valence-corrected chi connectivity index (χ3v) is 3.77. The van der Waals surface area contributed by atoms with Crippen LogP contribution in [0, 0.1) is 11.7 Å². The molecular formula is C15H19FN2S. The van der Waals surface area contributed by atoms with Crippen LogP contribution in [0.5, 0.6) is 0 Å². The number of aromatic nitrogens is 1. The molecule has 0 aliphatic heterocycles. The maximum absolute atomic E-state index is 13.7. The van der Waals surface area contributed by atoms with Crippen molar-refractivity contribution in [3.05, 3.63) is 52.2 Å². The van der Waals surface area contributed by atoms with Gasteiger partial charge in [0.05, 0.1) is 11.2 Å². The molecule has 19 heavy (non-hydrogen) atoms. The molecule has 0 aliphatic rings. The fraction of sp³-hybridized carbons (Fsp3) is 0.400.